The highest BCUT2D eigenvalue weighted by atomic mass is 32.1. The number of aryl methyl sites for hydroxylation is 2. The van der Waals surface area contributed by atoms with Crippen LogP contribution in [0.1, 0.15) is 16.8 Å². The van der Waals surface area contributed by atoms with Crippen molar-refractivity contribution < 1.29 is 9.53 Å². The van der Waals surface area contributed by atoms with E-state index in [1.165, 1.54) is 16.9 Å². The topological polar surface area (TPSA) is 64.1 Å². The molecule has 3 rings (SSSR count). The Kier molecular flexibility index (Phi) is 5.40. The summed E-state index contributed by atoms with van der Waals surface area (Å²) in [5.74, 6) is 0.528. The molecular formula is C19H19N3O2S. The largest absolute Gasteiger partial charge is 0.484 e. The van der Waals surface area contributed by atoms with E-state index in [0.29, 0.717) is 12.3 Å². The standard InChI is InChI=1S/C19H19N3O2S/c1-13-5-6-17(8-14(13)2)24-11-18(23)21-10-16-12-25-19(22-16)15-4-3-7-20-9-15/h3-9,12H,10-11H2,1-2H3,(H,21,23). The van der Waals surface area contributed by atoms with Gasteiger partial charge >= 0.3 is 0 Å². The minimum atomic E-state index is -0.172. The number of pyridine rings is 1. The van der Waals surface area contributed by atoms with Crippen molar-refractivity contribution in [1.29, 1.82) is 0 Å². The number of ether oxygens (including phenoxy) is 1. The monoisotopic (exact) mass is 353 g/mol. The van der Waals surface area contributed by atoms with E-state index in [9.17, 15) is 4.79 Å². The first-order valence-electron chi connectivity index (χ1n) is 7.93. The van der Waals surface area contributed by atoms with E-state index in [1.54, 1.807) is 12.4 Å². The van der Waals surface area contributed by atoms with Gasteiger partial charge in [-0.25, -0.2) is 4.98 Å². The minimum absolute atomic E-state index is 0.0118. The van der Waals surface area contributed by atoms with E-state index < -0.39 is 0 Å². The number of hydrogen-bond acceptors (Lipinski definition) is 5. The van der Waals surface area contributed by atoms with Crippen LogP contribution in [0.4, 0.5) is 0 Å². The van der Waals surface area contributed by atoms with Crippen LogP contribution in [0.3, 0.4) is 0 Å². The second kappa shape index (κ2) is 7.90. The van der Waals surface area contributed by atoms with Crippen LogP contribution in [0.15, 0.2) is 48.1 Å². The quantitative estimate of drug-likeness (QED) is 0.736. The van der Waals surface area contributed by atoms with Gasteiger partial charge in [-0.3, -0.25) is 9.78 Å². The van der Waals surface area contributed by atoms with Gasteiger partial charge in [-0.05, 0) is 49.2 Å². The highest BCUT2D eigenvalue weighted by Crippen LogP contribution is 2.22. The molecule has 0 bridgehead atoms. The zero-order chi connectivity index (χ0) is 17.6. The SMILES string of the molecule is Cc1ccc(OCC(=O)NCc2csc(-c3cccnc3)n2)cc1C. The van der Waals surface area contributed by atoms with Gasteiger partial charge < -0.3 is 10.1 Å². The number of carbonyl (C=O) groups excluding carboxylic acids is 1. The van der Waals surface area contributed by atoms with Crippen LogP contribution in [-0.4, -0.2) is 22.5 Å². The molecule has 1 amide bonds. The molecule has 128 valence electrons. The van der Waals surface area contributed by atoms with E-state index in [4.69, 9.17) is 4.74 Å². The molecule has 25 heavy (non-hydrogen) atoms. The number of amides is 1. The highest BCUT2D eigenvalue weighted by molar-refractivity contribution is 7.13. The molecule has 2 heterocycles. The van der Waals surface area contributed by atoms with Crippen molar-refractivity contribution in [1.82, 2.24) is 15.3 Å². The van der Waals surface area contributed by atoms with Crippen molar-refractivity contribution in [3.63, 3.8) is 0 Å². The average molecular weight is 353 g/mol. The first-order chi connectivity index (χ1) is 12.1. The van der Waals surface area contributed by atoms with E-state index in [-0.39, 0.29) is 12.5 Å². The molecule has 3 aromatic rings. The zero-order valence-electron chi connectivity index (χ0n) is 14.2. The van der Waals surface area contributed by atoms with E-state index in [2.05, 4.69) is 15.3 Å². The molecule has 0 aliphatic carbocycles. The maximum Gasteiger partial charge on any atom is 0.258 e. The lowest BCUT2D eigenvalue weighted by atomic mass is 10.1. The van der Waals surface area contributed by atoms with Crippen molar-refractivity contribution in [3.05, 3.63) is 64.9 Å². The van der Waals surface area contributed by atoms with Gasteiger partial charge in [0, 0.05) is 23.3 Å². The average Bonchev–Trinajstić information content (AvgIpc) is 3.11. The summed E-state index contributed by atoms with van der Waals surface area (Å²) in [4.78, 5) is 20.6. The van der Waals surface area contributed by atoms with Crippen LogP contribution in [0.2, 0.25) is 0 Å². The van der Waals surface area contributed by atoms with Gasteiger partial charge in [0.1, 0.15) is 10.8 Å². The molecule has 0 radical (unpaired) electrons. The van der Waals surface area contributed by atoms with Crippen molar-refractivity contribution in [3.8, 4) is 16.3 Å². The third-order valence-corrected chi connectivity index (χ3v) is 4.72. The summed E-state index contributed by atoms with van der Waals surface area (Å²) in [6.45, 7) is 4.43. The number of benzene rings is 1. The number of aromatic nitrogens is 2. The summed E-state index contributed by atoms with van der Waals surface area (Å²) in [7, 11) is 0. The summed E-state index contributed by atoms with van der Waals surface area (Å²) < 4.78 is 5.53. The molecule has 0 atom stereocenters. The highest BCUT2D eigenvalue weighted by Gasteiger charge is 2.07. The number of hydrogen-bond donors (Lipinski definition) is 1. The predicted molar refractivity (Wildman–Crippen MR) is 98.6 cm³/mol. The fourth-order valence-electron chi connectivity index (χ4n) is 2.20. The van der Waals surface area contributed by atoms with Crippen LogP contribution < -0.4 is 10.1 Å². The third kappa shape index (κ3) is 4.64. The smallest absolute Gasteiger partial charge is 0.258 e. The minimum Gasteiger partial charge on any atom is -0.484 e. The first kappa shape index (κ1) is 17.1. The molecule has 0 saturated heterocycles. The van der Waals surface area contributed by atoms with Crippen molar-refractivity contribution >= 4 is 17.2 Å². The predicted octanol–water partition coefficient (Wildman–Crippen LogP) is 3.52. The molecule has 0 aliphatic heterocycles. The van der Waals surface area contributed by atoms with Gasteiger partial charge in [0.05, 0.1) is 12.2 Å². The maximum absolute atomic E-state index is 11.9. The Bertz CT molecular complexity index is 862. The molecule has 0 spiro atoms. The normalized spacial score (nSPS) is 10.5. The van der Waals surface area contributed by atoms with Crippen LogP contribution in [0, 0.1) is 13.8 Å². The second-order valence-electron chi connectivity index (χ2n) is 5.70. The Hall–Kier alpha value is -2.73. The van der Waals surface area contributed by atoms with Crippen molar-refractivity contribution in [2.45, 2.75) is 20.4 Å². The Morgan fingerprint density at radius 2 is 2.12 bits per heavy atom. The Labute approximate surface area is 150 Å². The van der Waals surface area contributed by atoms with E-state index in [1.807, 2.05) is 49.6 Å². The summed E-state index contributed by atoms with van der Waals surface area (Å²) in [6.07, 6.45) is 3.51. The fourth-order valence-corrected chi connectivity index (χ4v) is 3.01. The van der Waals surface area contributed by atoms with Crippen molar-refractivity contribution in [2.24, 2.45) is 0 Å². The molecule has 1 aromatic carbocycles. The van der Waals surface area contributed by atoms with Gasteiger partial charge in [0.2, 0.25) is 0 Å². The summed E-state index contributed by atoms with van der Waals surface area (Å²) in [5.41, 5.74) is 4.14. The molecule has 0 saturated carbocycles. The lowest BCUT2D eigenvalue weighted by Gasteiger charge is -2.08. The maximum atomic E-state index is 11.9. The molecule has 2 aromatic heterocycles. The molecular weight excluding hydrogens is 334 g/mol. The Balaban J connectivity index is 1.49. The lowest BCUT2D eigenvalue weighted by Crippen LogP contribution is -2.28. The number of carbonyl (C=O) groups is 1. The molecule has 0 unspecified atom stereocenters. The van der Waals surface area contributed by atoms with Crippen LogP contribution in [0.25, 0.3) is 10.6 Å². The fraction of sp³-hybridized carbons (Fsp3) is 0.211. The summed E-state index contributed by atoms with van der Waals surface area (Å²) >= 11 is 1.53. The van der Waals surface area contributed by atoms with E-state index in [0.717, 1.165) is 21.8 Å². The zero-order valence-corrected chi connectivity index (χ0v) is 15.0. The van der Waals surface area contributed by atoms with Crippen molar-refractivity contribution in [2.75, 3.05) is 6.61 Å². The van der Waals surface area contributed by atoms with Crippen LogP contribution in [-0.2, 0) is 11.3 Å². The van der Waals surface area contributed by atoms with Crippen LogP contribution >= 0.6 is 11.3 Å². The van der Waals surface area contributed by atoms with Gasteiger partial charge in [0.25, 0.3) is 5.91 Å². The Morgan fingerprint density at radius 3 is 2.88 bits per heavy atom. The second-order valence-corrected chi connectivity index (χ2v) is 6.56. The van der Waals surface area contributed by atoms with E-state index >= 15 is 0 Å². The van der Waals surface area contributed by atoms with Gasteiger partial charge in [-0.2, -0.15) is 0 Å². The molecule has 0 fully saturated rings. The number of nitrogens with zero attached hydrogens (tertiary/aromatic N) is 2. The molecule has 1 N–H and O–H groups in total. The number of rotatable bonds is 6. The summed E-state index contributed by atoms with van der Waals surface area (Å²) in [6, 6.07) is 9.63. The molecule has 5 nitrogen and oxygen atoms in total. The summed E-state index contributed by atoms with van der Waals surface area (Å²) in [5, 5.41) is 5.65. The van der Waals surface area contributed by atoms with Gasteiger partial charge in [0.15, 0.2) is 6.61 Å². The molecule has 0 aliphatic rings. The van der Waals surface area contributed by atoms with Gasteiger partial charge in [-0.1, -0.05) is 6.07 Å². The molecule has 6 heteroatoms. The lowest BCUT2D eigenvalue weighted by molar-refractivity contribution is -0.123. The van der Waals surface area contributed by atoms with Gasteiger partial charge in [-0.15, -0.1) is 11.3 Å². The number of thiazole rings is 1. The van der Waals surface area contributed by atoms with Crippen LogP contribution in [0.5, 0.6) is 5.75 Å². The first-order valence-corrected chi connectivity index (χ1v) is 8.81. The number of nitrogens with one attached hydrogen (secondary N) is 1. The third-order valence-electron chi connectivity index (χ3n) is 3.78. The Morgan fingerprint density at radius 1 is 1.24 bits per heavy atom.